The molecule has 0 aliphatic carbocycles. The Kier molecular flexibility index (Phi) is 10.3. The van der Waals surface area contributed by atoms with Gasteiger partial charge in [-0.05, 0) is 44.4 Å². The van der Waals surface area contributed by atoms with Crippen molar-refractivity contribution in [3.05, 3.63) is 65.2 Å². The van der Waals surface area contributed by atoms with Gasteiger partial charge in [-0.1, -0.05) is 67.8 Å². The number of unbranched alkanes of at least 4 members (excludes halogenated alkanes) is 1. The fourth-order valence-electron chi connectivity index (χ4n) is 3.57. The Morgan fingerprint density at radius 1 is 0.941 bits per heavy atom. The van der Waals surface area contributed by atoms with E-state index >= 15 is 0 Å². The number of nitrogens with zero attached hydrogens (tertiary/aromatic N) is 2. The molecule has 0 saturated heterocycles. The predicted octanol–water partition coefficient (Wildman–Crippen LogP) is 3.65. The first-order valence-electron chi connectivity index (χ1n) is 11.8. The largest absolute Gasteiger partial charge is 0.354 e. The Morgan fingerprint density at radius 3 is 2.03 bits per heavy atom. The number of hydrogen-bond acceptors (Lipinski definition) is 4. The first-order chi connectivity index (χ1) is 16.1. The summed E-state index contributed by atoms with van der Waals surface area (Å²) in [7, 11) is -2.46. The van der Waals surface area contributed by atoms with E-state index in [0.717, 1.165) is 33.8 Å². The number of carbonyl (C=O) groups is 2. The molecule has 0 heterocycles. The molecule has 2 aromatic carbocycles. The molecule has 0 radical (unpaired) electrons. The number of benzene rings is 2. The summed E-state index contributed by atoms with van der Waals surface area (Å²) in [5.74, 6) is -0.642. The quantitative estimate of drug-likeness (QED) is 0.463. The van der Waals surface area contributed by atoms with Gasteiger partial charge in [0.05, 0.1) is 11.4 Å². The normalized spacial score (nSPS) is 12.4. The van der Waals surface area contributed by atoms with Gasteiger partial charge in [0.2, 0.25) is 21.8 Å². The molecule has 0 aliphatic rings. The molecule has 186 valence electrons. The lowest BCUT2D eigenvalue weighted by molar-refractivity contribution is -0.141. The summed E-state index contributed by atoms with van der Waals surface area (Å²) < 4.78 is 27.1. The molecule has 2 amide bonds. The third-order valence-corrected chi connectivity index (χ3v) is 7.59. The Bertz CT molecular complexity index is 1050. The monoisotopic (exact) mass is 487 g/mol. The third-order valence-electron chi connectivity index (χ3n) is 5.78. The van der Waals surface area contributed by atoms with E-state index in [4.69, 9.17) is 0 Å². The molecule has 1 N–H and O–H groups in total. The first-order valence-corrected chi connectivity index (χ1v) is 13.2. The van der Waals surface area contributed by atoms with Crippen LogP contribution in [0.3, 0.4) is 0 Å². The fraction of sp³-hybridized carbons (Fsp3) is 0.462. The number of hydrogen-bond donors (Lipinski definition) is 1. The van der Waals surface area contributed by atoms with Gasteiger partial charge in [-0.2, -0.15) is 4.31 Å². The number of sulfonamides is 1. The molecule has 0 aromatic heterocycles. The number of carbonyl (C=O) groups excluding carboxylic acids is 2. The molecule has 34 heavy (non-hydrogen) atoms. The minimum Gasteiger partial charge on any atom is -0.354 e. The lowest BCUT2D eigenvalue weighted by Crippen LogP contribution is -2.51. The minimum absolute atomic E-state index is 0.128. The third kappa shape index (κ3) is 7.40. The van der Waals surface area contributed by atoms with E-state index < -0.39 is 22.0 Å². The van der Waals surface area contributed by atoms with Crippen molar-refractivity contribution in [2.45, 2.75) is 64.4 Å². The van der Waals surface area contributed by atoms with Crippen LogP contribution in [0.25, 0.3) is 0 Å². The van der Waals surface area contributed by atoms with E-state index in [-0.39, 0.29) is 23.9 Å². The van der Waals surface area contributed by atoms with Crippen molar-refractivity contribution in [1.82, 2.24) is 14.5 Å². The summed E-state index contributed by atoms with van der Waals surface area (Å²) >= 11 is 0. The van der Waals surface area contributed by atoms with E-state index in [0.29, 0.717) is 13.0 Å². The molecule has 2 rings (SSSR count). The van der Waals surface area contributed by atoms with Crippen molar-refractivity contribution in [2.75, 3.05) is 20.1 Å². The molecular weight excluding hydrogens is 450 g/mol. The van der Waals surface area contributed by atoms with Crippen molar-refractivity contribution in [3.63, 3.8) is 0 Å². The second kappa shape index (κ2) is 12.7. The first kappa shape index (κ1) is 27.5. The van der Waals surface area contributed by atoms with Crippen LogP contribution in [0.1, 0.15) is 49.8 Å². The lowest BCUT2D eigenvalue weighted by Gasteiger charge is -2.32. The van der Waals surface area contributed by atoms with E-state index in [1.165, 1.54) is 24.1 Å². The van der Waals surface area contributed by atoms with Crippen LogP contribution >= 0.6 is 0 Å². The highest BCUT2D eigenvalue weighted by molar-refractivity contribution is 7.89. The molecule has 0 fully saturated rings. The topological polar surface area (TPSA) is 86.8 Å². The predicted molar refractivity (Wildman–Crippen MR) is 135 cm³/mol. The van der Waals surface area contributed by atoms with Gasteiger partial charge in [0.25, 0.3) is 0 Å². The van der Waals surface area contributed by atoms with Gasteiger partial charge in [-0.15, -0.1) is 0 Å². The fourth-order valence-corrected chi connectivity index (χ4v) is 4.69. The molecule has 0 bridgehead atoms. The maximum Gasteiger partial charge on any atom is 0.243 e. The van der Waals surface area contributed by atoms with Gasteiger partial charge in [-0.3, -0.25) is 9.59 Å². The van der Waals surface area contributed by atoms with Crippen molar-refractivity contribution in [1.29, 1.82) is 0 Å². The zero-order valence-corrected chi connectivity index (χ0v) is 21.7. The highest BCUT2D eigenvalue weighted by atomic mass is 32.2. The summed E-state index contributed by atoms with van der Waals surface area (Å²) in [6.45, 7) is 8.15. The summed E-state index contributed by atoms with van der Waals surface area (Å²) in [6.07, 6.45) is 2.22. The highest BCUT2D eigenvalue weighted by Gasteiger charge is 2.31. The molecule has 0 spiro atoms. The number of nitrogens with one attached hydrogen (secondary N) is 1. The van der Waals surface area contributed by atoms with Gasteiger partial charge in [-0.25, -0.2) is 8.42 Å². The average Bonchev–Trinajstić information content (AvgIpc) is 2.80. The Labute approximate surface area is 204 Å². The lowest BCUT2D eigenvalue weighted by atomic mass is 10.1. The number of rotatable bonds is 12. The van der Waals surface area contributed by atoms with Crippen molar-refractivity contribution in [3.8, 4) is 0 Å². The second-order valence-corrected chi connectivity index (χ2v) is 10.7. The Morgan fingerprint density at radius 2 is 1.50 bits per heavy atom. The van der Waals surface area contributed by atoms with Crippen LogP contribution in [-0.4, -0.2) is 55.6 Å². The van der Waals surface area contributed by atoms with Crippen molar-refractivity contribution < 1.29 is 18.0 Å². The van der Waals surface area contributed by atoms with Crippen molar-refractivity contribution >= 4 is 21.8 Å². The standard InChI is InChI=1S/C26H37N3O4S/c1-6-8-17-27-26(31)24(7-2)29(18-22-13-9-20(3)10-14-22)25(30)19-28(5)34(32,33)23-15-11-21(4)12-16-23/h9-16,24H,6-8,17-19H2,1-5H3,(H,27,31)/t24-/m1/s1. The van der Waals surface area contributed by atoms with Gasteiger partial charge in [0.1, 0.15) is 6.04 Å². The van der Waals surface area contributed by atoms with E-state index in [2.05, 4.69) is 5.32 Å². The Hall–Kier alpha value is -2.71. The van der Waals surface area contributed by atoms with Crippen LogP contribution in [0.5, 0.6) is 0 Å². The molecule has 8 heteroatoms. The number of likely N-dealkylation sites (N-methyl/N-ethyl adjacent to an activating group) is 1. The van der Waals surface area contributed by atoms with Crippen LogP contribution in [0.2, 0.25) is 0 Å². The molecule has 0 saturated carbocycles. The van der Waals surface area contributed by atoms with Crippen LogP contribution in [0.15, 0.2) is 53.4 Å². The van der Waals surface area contributed by atoms with E-state index in [1.54, 1.807) is 12.1 Å². The Balaban J connectivity index is 2.28. The zero-order valence-electron chi connectivity index (χ0n) is 20.9. The maximum absolute atomic E-state index is 13.4. The van der Waals surface area contributed by atoms with Gasteiger partial charge in [0.15, 0.2) is 0 Å². The second-order valence-electron chi connectivity index (χ2n) is 8.65. The van der Waals surface area contributed by atoms with Crippen LogP contribution in [0.4, 0.5) is 0 Å². The smallest absolute Gasteiger partial charge is 0.243 e. The van der Waals surface area contributed by atoms with Gasteiger partial charge < -0.3 is 10.2 Å². The SMILES string of the molecule is CCCCNC(=O)[C@@H](CC)N(Cc1ccc(C)cc1)C(=O)CN(C)S(=O)(=O)c1ccc(C)cc1. The molecule has 0 unspecified atom stereocenters. The highest BCUT2D eigenvalue weighted by Crippen LogP contribution is 2.18. The number of aryl methyl sites for hydroxylation is 2. The summed E-state index contributed by atoms with van der Waals surface area (Å²) in [4.78, 5) is 28.0. The molecule has 1 atom stereocenters. The molecule has 0 aliphatic heterocycles. The van der Waals surface area contributed by atoms with Gasteiger partial charge in [0, 0.05) is 20.1 Å². The molecule has 7 nitrogen and oxygen atoms in total. The van der Waals surface area contributed by atoms with Crippen LogP contribution in [-0.2, 0) is 26.2 Å². The van der Waals surface area contributed by atoms with E-state index in [1.807, 2.05) is 52.0 Å². The maximum atomic E-state index is 13.4. The molecular formula is C26H37N3O4S. The summed E-state index contributed by atoms with van der Waals surface area (Å²) in [5.41, 5.74) is 2.92. The zero-order chi connectivity index (χ0) is 25.3. The van der Waals surface area contributed by atoms with Crippen molar-refractivity contribution in [2.24, 2.45) is 0 Å². The van der Waals surface area contributed by atoms with Crippen LogP contribution < -0.4 is 5.32 Å². The van der Waals surface area contributed by atoms with Crippen LogP contribution in [0, 0.1) is 13.8 Å². The minimum atomic E-state index is -3.85. The van der Waals surface area contributed by atoms with E-state index in [9.17, 15) is 18.0 Å². The summed E-state index contributed by atoms with van der Waals surface area (Å²) in [5, 5.41) is 2.91. The summed E-state index contributed by atoms with van der Waals surface area (Å²) in [6, 6.07) is 13.6. The average molecular weight is 488 g/mol. The van der Waals surface area contributed by atoms with Gasteiger partial charge >= 0.3 is 0 Å². The number of amides is 2. The molecule has 2 aromatic rings.